The minimum atomic E-state index is -0.563. The van der Waals surface area contributed by atoms with Gasteiger partial charge in [-0.1, -0.05) is 29.3 Å². The molecule has 0 heterocycles. The van der Waals surface area contributed by atoms with Crippen LogP contribution in [0.3, 0.4) is 0 Å². The van der Waals surface area contributed by atoms with Crippen molar-refractivity contribution in [3.05, 3.63) is 39.9 Å². The van der Waals surface area contributed by atoms with Crippen LogP contribution in [0, 0.1) is 0 Å². The highest BCUT2D eigenvalue weighted by Gasteiger charge is 2.00. The van der Waals surface area contributed by atoms with Gasteiger partial charge in [0, 0.05) is 22.7 Å². The molecule has 1 aromatic rings. The van der Waals surface area contributed by atoms with Crippen LogP contribution in [0.2, 0.25) is 10.0 Å². The van der Waals surface area contributed by atoms with Crippen molar-refractivity contribution in [1.29, 1.82) is 0 Å². The molecule has 0 spiro atoms. The number of halogens is 2. The normalized spacial score (nSPS) is 12.7. The molecule has 0 aliphatic heterocycles. The highest BCUT2D eigenvalue weighted by molar-refractivity contribution is 6.35. The van der Waals surface area contributed by atoms with Crippen molar-refractivity contribution < 1.29 is 9.90 Å². The van der Waals surface area contributed by atoms with Crippen molar-refractivity contribution >= 4 is 35.2 Å². The van der Waals surface area contributed by atoms with Crippen LogP contribution in [-0.4, -0.2) is 23.7 Å². The molecule has 0 unspecified atom stereocenters. The third kappa shape index (κ3) is 5.22. The fourth-order valence-corrected chi connectivity index (χ4v) is 1.58. The van der Waals surface area contributed by atoms with Crippen molar-refractivity contribution in [2.75, 3.05) is 6.54 Å². The van der Waals surface area contributed by atoms with Crippen LogP contribution in [0.25, 0.3) is 6.08 Å². The van der Waals surface area contributed by atoms with Crippen molar-refractivity contribution in [2.45, 2.75) is 13.0 Å². The maximum absolute atomic E-state index is 11.3. The molecule has 0 saturated carbocycles. The molecule has 92 valence electrons. The van der Waals surface area contributed by atoms with Gasteiger partial charge in [-0.15, -0.1) is 0 Å². The Kier molecular flexibility index (Phi) is 5.48. The predicted molar refractivity (Wildman–Crippen MR) is 70.2 cm³/mol. The number of aliphatic hydroxyl groups is 1. The number of benzene rings is 1. The fourth-order valence-electron chi connectivity index (χ4n) is 1.11. The number of hydrogen-bond acceptors (Lipinski definition) is 2. The first kappa shape index (κ1) is 14.0. The number of aliphatic hydroxyl groups excluding tert-OH is 1. The van der Waals surface area contributed by atoms with Crippen molar-refractivity contribution in [2.24, 2.45) is 0 Å². The second-order valence-electron chi connectivity index (χ2n) is 3.59. The van der Waals surface area contributed by atoms with Crippen molar-refractivity contribution in [3.8, 4) is 0 Å². The lowest BCUT2D eigenvalue weighted by Gasteiger charge is -2.04. The van der Waals surface area contributed by atoms with Gasteiger partial charge in [-0.2, -0.15) is 0 Å². The molecule has 0 aromatic heterocycles. The maximum atomic E-state index is 11.3. The van der Waals surface area contributed by atoms with Gasteiger partial charge in [0.1, 0.15) is 0 Å². The number of hydrogen-bond donors (Lipinski definition) is 2. The molecule has 1 atom stereocenters. The quantitative estimate of drug-likeness (QED) is 0.829. The van der Waals surface area contributed by atoms with E-state index in [0.717, 1.165) is 0 Å². The summed E-state index contributed by atoms with van der Waals surface area (Å²) in [6, 6.07) is 5.03. The fraction of sp³-hybridized carbons (Fsp3) is 0.250. The summed E-state index contributed by atoms with van der Waals surface area (Å²) in [5.41, 5.74) is 0.711. The Balaban J connectivity index is 2.61. The zero-order chi connectivity index (χ0) is 12.8. The summed E-state index contributed by atoms with van der Waals surface area (Å²) in [5.74, 6) is -0.281. The van der Waals surface area contributed by atoms with E-state index in [1.54, 1.807) is 31.2 Å². The number of amides is 1. The third-order valence-electron chi connectivity index (χ3n) is 1.95. The summed E-state index contributed by atoms with van der Waals surface area (Å²) in [7, 11) is 0. The minimum absolute atomic E-state index is 0.220. The van der Waals surface area contributed by atoms with E-state index >= 15 is 0 Å². The number of carbonyl (C=O) groups excluding carboxylic acids is 1. The maximum Gasteiger partial charge on any atom is 0.244 e. The van der Waals surface area contributed by atoms with E-state index in [-0.39, 0.29) is 12.5 Å². The molecule has 1 aromatic carbocycles. The summed E-state index contributed by atoms with van der Waals surface area (Å²) >= 11 is 11.7. The monoisotopic (exact) mass is 273 g/mol. The Morgan fingerprint density at radius 1 is 1.53 bits per heavy atom. The predicted octanol–water partition coefficient (Wildman–Crippen LogP) is 2.50. The van der Waals surface area contributed by atoms with Gasteiger partial charge in [-0.05, 0) is 30.7 Å². The molecular formula is C12H13Cl2NO2. The van der Waals surface area contributed by atoms with Crippen LogP contribution >= 0.6 is 23.2 Å². The molecule has 0 saturated heterocycles. The zero-order valence-corrected chi connectivity index (χ0v) is 10.8. The van der Waals surface area contributed by atoms with Gasteiger partial charge in [-0.25, -0.2) is 0 Å². The largest absolute Gasteiger partial charge is 0.392 e. The molecule has 5 heteroatoms. The van der Waals surface area contributed by atoms with Crippen LogP contribution in [0.1, 0.15) is 12.5 Å². The molecule has 0 aliphatic carbocycles. The van der Waals surface area contributed by atoms with Gasteiger partial charge in [-0.3, -0.25) is 4.79 Å². The van der Waals surface area contributed by atoms with Crippen molar-refractivity contribution in [1.82, 2.24) is 5.32 Å². The van der Waals surface area contributed by atoms with Crippen LogP contribution in [-0.2, 0) is 4.79 Å². The zero-order valence-electron chi connectivity index (χ0n) is 9.28. The van der Waals surface area contributed by atoms with Gasteiger partial charge in [0.15, 0.2) is 0 Å². The second kappa shape index (κ2) is 6.64. The van der Waals surface area contributed by atoms with E-state index < -0.39 is 6.10 Å². The van der Waals surface area contributed by atoms with E-state index in [4.69, 9.17) is 28.3 Å². The number of rotatable bonds is 4. The summed E-state index contributed by atoms with van der Waals surface area (Å²) in [5, 5.41) is 12.6. The Hall–Kier alpha value is -1.03. The second-order valence-corrected chi connectivity index (χ2v) is 4.44. The highest BCUT2D eigenvalue weighted by Crippen LogP contribution is 2.21. The molecule has 0 aliphatic rings. The van der Waals surface area contributed by atoms with Gasteiger partial charge < -0.3 is 10.4 Å². The van der Waals surface area contributed by atoms with Crippen molar-refractivity contribution in [3.63, 3.8) is 0 Å². The Bertz CT molecular complexity index is 431. The standard InChI is InChI=1S/C12H13Cl2NO2/c1-8(16)7-15-12(17)5-3-9-2-4-10(13)6-11(9)14/h2-6,8,16H,7H2,1H3,(H,15,17)/b5-3+/t8-/m1/s1. The van der Waals surface area contributed by atoms with E-state index in [1.807, 2.05) is 0 Å². The SMILES string of the molecule is C[C@@H](O)CNC(=O)/C=C/c1ccc(Cl)cc1Cl. The molecular weight excluding hydrogens is 261 g/mol. The number of nitrogens with one attached hydrogen (secondary N) is 1. The van der Waals surface area contributed by atoms with Crippen LogP contribution in [0.15, 0.2) is 24.3 Å². The summed E-state index contributed by atoms with van der Waals surface area (Å²) in [6.45, 7) is 1.82. The molecule has 1 amide bonds. The lowest BCUT2D eigenvalue weighted by Crippen LogP contribution is -2.28. The van der Waals surface area contributed by atoms with E-state index in [2.05, 4.69) is 5.32 Å². The van der Waals surface area contributed by atoms with Crippen LogP contribution < -0.4 is 5.32 Å². The summed E-state index contributed by atoms with van der Waals surface area (Å²) in [4.78, 5) is 11.3. The Morgan fingerprint density at radius 2 is 2.24 bits per heavy atom. The highest BCUT2D eigenvalue weighted by atomic mass is 35.5. The smallest absolute Gasteiger partial charge is 0.244 e. The molecule has 0 fully saturated rings. The average molecular weight is 274 g/mol. The first-order chi connectivity index (χ1) is 7.99. The van der Waals surface area contributed by atoms with E-state index in [0.29, 0.717) is 15.6 Å². The molecule has 3 nitrogen and oxygen atoms in total. The summed E-state index contributed by atoms with van der Waals surface area (Å²) in [6.07, 6.45) is 2.39. The van der Waals surface area contributed by atoms with Gasteiger partial charge >= 0.3 is 0 Å². The molecule has 0 bridgehead atoms. The minimum Gasteiger partial charge on any atom is -0.392 e. The lowest BCUT2D eigenvalue weighted by atomic mass is 10.2. The lowest BCUT2D eigenvalue weighted by molar-refractivity contribution is -0.116. The van der Waals surface area contributed by atoms with E-state index in [9.17, 15) is 4.79 Å². The number of carbonyl (C=O) groups is 1. The summed E-state index contributed by atoms with van der Waals surface area (Å²) < 4.78 is 0. The van der Waals surface area contributed by atoms with Crippen LogP contribution in [0.5, 0.6) is 0 Å². The third-order valence-corrected chi connectivity index (χ3v) is 2.51. The molecule has 2 N–H and O–H groups in total. The first-order valence-electron chi connectivity index (χ1n) is 5.08. The molecule has 17 heavy (non-hydrogen) atoms. The van der Waals surface area contributed by atoms with E-state index in [1.165, 1.54) is 6.08 Å². The molecule has 1 rings (SSSR count). The average Bonchev–Trinajstić information content (AvgIpc) is 2.25. The van der Waals surface area contributed by atoms with Gasteiger partial charge in [0.25, 0.3) is 0 Å². The van der Waals surface area contributed by atoms with Gasteiger partial charge in [0.2, 0.25) is 5.91 Å². The first-order valence-corrected chi connectivity index (χ1v) is 5.83. The van der Waals surface area contributed by atoms with Gasteiger partial charge in [0.05, 0.1) is 6.10 Å². The Labute approximate surface area is 110 Å². The topological polar surface area (TPSA) is 49.3 Å². The van der Waals surface area contributed by atoms with Crippen LogP contribution in [0.4, 0.5) is 0 Å². The Morgan fingerprint density at radius 3 is 2.82 bits per heavy atom. The molecule has 0 radical (unpaired) electrons.